The van der Waals surface area contributed by atoms with Gasteiger partial charge in [0.15, 0.2) is 0 Å². The Balaban J connectivity index is -0.0000000883. The Morgan fingerprint density at radius 1 is 1.20 bits per heavy atom. The first-order valence-corrected chi connectivity index (χ1v) is 5.32. The molecule has 0 saturated heterocycles. The van der Waals surface area contributed by atoms with Gasteiger partial charge in [-0.05, 0) is 6.42 Å². The molecule has 15 heavy (non-hydrogen) atoms. The monoisotopic (exact) mass is 260 g/mol. The third kappa shape index (κ3) is 38.7. The van der Waals surface area contributed by atoms with E-state index in [1.54, 1.807) is 0 Å². The van der Waals surface area contributed by atoms with Crippen LogP contribution in [0.25, 0.3) is 0 Å². The van der Waals surface area contributed by atoms with Crippen molar-refractivity contribution in [1.82, 2.24) is 0 Å². The fraction of sp³-hybridized carbons (Fsp3) is 1.00. The summed E-state index contributed by atoms with van der Waals surface area (Å²) in [5.41, 5.74) is 0. The second-order valence-electron chi connectivity index (χ2n) is 2.08. The SMILES string of the molecule is CCCCOP(=O)([O-])[O-].OCCO.[Na+].[Na+]. The third-order valence-electron chi connectivity index (χ3n) is 0.847. The molecule has 82 valence electrons. The van der Waals surface area contributed by atoms with Crippen molar-refractivity contribution in [2.75, 3.05) is 19.8 Å². The molecule has 6 nitrogen and oxygen atoms in total. The molecule has 0 amide bonds. The van der Waals surface area contributed by atoms with Crippen LogP contribution in [-0.4, -0.2) is 30.0 Å². The smallest absolute Gasteiger partial charge is 0.790 e. The van der Waals surface area contributed by atoms with E-state index in [1.165, 1.54) is 0 Å². The van der Waals surface area contributed by atoms with Gasteiger partial charge in [-0.25, -0.2) is 0 Å². The van der Waals surface area contributed by atoms with E-state index in [4.69, 9.17) is 10.2 Å². The first kappa shape index (κ1) is 25.8. The zero-order valence-electron chi connectivity index (χ0n) is 9.51. The molecule has 0 rings (SSSR count). The number of hydrogen-bond donors (Lipinski definition) is 2. The predicted molar refractivity (Wildman–Crippen MR) is 42.6 cm³/mol. The molecule has 0 aromatic heterocycles. The van der Waals surface area contributed by atoms with Gasteiger partial charge in [-0.1, -0.05) is 13.3 Å². The van der Waals surface area contributed by atoms with Gasteiger partial charge in [0.25, 0.3) is 0 Å². The Hall–Kier alpha value is 2.03. The standard InChI is InChI=1S/C4H11O4P.C2H6O2.2Na/c1-2-3-4-8-9(5,6)7;3-1-2-4;;/h2-4H2,1H3,(H2,5,6,7);3-4H,1-2H2;;/q;;2*+1/p-2. The van der Waals surface area contributed by atoms with Crippen LogP contribution in [0.2, 0.25) is 0 Å². The predicted octanol–water partition coefficient (Wildman–Crippen LogP) is -7.39. The van der Waals surface area contributed by atoms with Gasteiger partial charge in [-0.3, -0.25) is 0 Å². The van der Waals surface area contributed by atoms with Gasteiger partial charge in [0, 0.05) is 0 Å². The maximum atomic E-state index is 9.76. The quantitative estimate of drug-likeness (QED) is 0.288. The molecule has 0 aliphatic heterocycles. The van der Waals surface area contributed by atoms with Crippen molar-refractivity contribution in [3.8, 4) is 0 Å². The molecule has 0 radical (unpaired) electrons. The summed E-state index contributed by atoms with van der Waals surface area (Å²) in [5.74, 6) is 0. The van der Waals surface area contributed by atoms with E-state index in [0.29, 0.717) is 6.42 Å². The second kappa shape index (κ2) is 18.4. The molecule has 0 heterocycles. The van der Waals surface area contributed by atoms with E-state index >= 15 is 0 Å². The van der Waals surface area contributed by atoms with Crippen LogP contribution in [0.1, 0.15) is 19.8 Å². The van der Waals surface area contributed by atoms with E-state index in [1.807, 2.05) is 6.92 Å². The second-order valence-corrected chi connectivity index (χ2v) is 3.23. The molecule has 0 saturated carbocycles. The molecule has 0 atom stereocenters. The largest absolute Gasteiger partial charge is 1.00 e. The minimum Gasteiger partial charge on any atom is -0.790 e. The summed E-state index contributed by atoms with van der Waals surface area (Å²) in [5, 5.41) is 15.2. The van der Waals surface area contributed by atoms with Crippen LogP contribution in [0, 0.1) is 0 Å². The summed E-state index contributed by atoms with van der Waals surface area (Å²) >= 11 is 0. The van der Waals surface area contributed by atoms with Gasteiger partial charge >= 0.3 is 59.1 Å². The molecule has 0 fully saturated rings. The Morgan fingerprint density at radius 3 is 1.80 bits per heavy atom. The summed E-state index contributed by atoms with van der Waals surface area (Å²) in [4.78, 5) is 19.5. The fourth-order valence-electron chi connectivity index (χ4n) is 0.321. The summed E-state index contributed by atoms with van der Waals surface area (Å²) in [6.45, 7) is 1.64. The van der Waals surface area contributed by atoms with Gasteiger partial charge in [0.05, 0.1) is 27.6 Å². The maximum absolute atomic E-state index is 9.76. The zero-order chi connectivity index (χ0) is 10.7. The fourth-order valence-corrected chi connectivity index (χ4v) is 0.673. The van der Waals surface area contributed by atoms with Gasteiger partial charge in [-0.15, -0.1) is 0 Å². The number of aliphatic hydroxyl groups is 2. The molecule has 0 bridgehead atoms. The molecule has 0 aromatic carbocycles. The Labute approximate surface area is 134 Å². The first-order valence-electron chi connectivity index (χ1n) is 3.86. The molecular weight excluding hydrogens is 245 g/mol. The van der Waals surface area contributed by atoms with Crippen molar-refractivity contribution < 1.29 is 88.2 Å². The number of aliphatic hydroxyl groups excluding tert-OH is 2. The zero-order valence-corrected chi connectivity index (χ0v) is 14.4. The van der Waals surface area contributed by atoms with Crippen molar-refractivity contribution >= 4 is 7.82 Å². The van der Waals surface area contributed by atoms with E-state index < -0.39 is 7.82 Å². The van der Waals surface area contributed by atoms with Crippen LogP contribution in [-0.2, 0) is 9.09 Å². The summed E-state index contributed by atoms with van der Waals surface area (Å²) < 4.78 is 13.7. The van der Waals surface area contributed by atoms with E-state index in [0.717, 1.165) is 6.42 Å². The molecule has 9 heteroatoms. The van der Waals surface area contributed by atoms with Crippen molar-refractivity contribution in [3.63, 3.8) is 0 Å². The molecule has 0 aliphatic carbocycles. The van der Waals surface area contributed by atoms with Gasteiger partial charge in [0.2, 0.25) is 0 Å². The number of phosphoric acid groups is 1. The average molecular weight is 260 g/mol. The molecule has 0 unspecified atom stereocenters. The molecule has 0 aliphatic rings. The van der Waals surface area contributed by atoms with Crippen LogP contribution in [0.4, 0.5) is 0 Å². The number of phosphoric ester groups is 1. The Kier molecular flexibility index (Phi) is 31.6. The van der Waals surface area contributed by atoms with Gasteiger partial charge in [-0.2, -0.15) is 0 Å². The van der Waals surface area contributed by atoms with Gasteiger partial charge in [0.1, 0.15) is 0 Å². The maximum Gasteiger partial charge on any atom is 1.00 e. The Morgan fingerprint density at radius 2 is 1.60 bits per heavy atom. The van der Waals surface area contributed by atoms with Crippen LogP contribution in [0.5, 0.6) is 0 Å². The molecule has 0 spiro atoms. The average Bonchev–Trinajstić information content (AvgIpc) is 2.03. The number of rotatable bonds is 5. The van der Waals surface area contributed by atoms with E-state index in [2.05, 4.69) is 4.52 Å². The molecular formula is C6H15Na2O6P. The van der Waals surface area contributed by atoms with Crippen LogP contribution >= 0.6 is 7.82 Å². The summed E-state index contributed by atoms with van der Waals surface area (Å²) in [6, 6.07) is 0. The summed E-state index contributed by atoms with van der Waals surface area (Å²) in [7, 11) is -4.70. The van der Waals surface area contributed by atoms with Crippen molar-refractivity contribution in [1.29, 1.82) is 0 Å². The van der Waals surface area contributed by atoms with E-state index in [9.17, 15) is 14.4 Å². The van der Waals surface area contributed by atoms with Crippen molar-refractivity contribution in [3.05, 3.63) is 0 Å². The van der Waals surface area contributed by atoms with Crippen LogP contribution < -0.4 is 68.9 Å². The van der Waals surface area contributed by atoms with Crippen LogP contribution in [0.3, 0.4) is 0 Å². The molecule has 2 N–H and O–H groups in total. The Bertz CT molecular complexity index is 140. The minimum atomic E-state index is -4.70. The first-order chi connectivity index (χ1) is 5.97. The van der Waals surface area contributed by atoms with E-state index in [-0.39, 0.29) is 78.9 Å². The number of hydrogen-bond acceptors (Lipinski definition) is 6. The normalized spacial score (nSPS) is 9.13. The minimum absolute atomic E-state index is 0. The molecule has 0 aromatic rings. The number of unbranched alkanes of at least 4 members (excludes halogenated alkanes) is 1. The topological polar surface area (TPSA) is 113 Å². The van der Waals surface area contributed by atoms with Crippen molar-refractivity contribution in [2.24, 2.45) is 0 Å². The third-order valence-corrected chi connectivity index (χ3v) is 1.35. The summed E-state index contributed by atoms with van der Waals surface area (Å²) in [6.07, 6.45) is 1.43. The van der Waals surface area contributed by atoms with Crippen LogP contribution in [0.15, 0.2) is 0 Å². The van der Waals surface area contributed by atoms with Crippen molar-refractivity contribution in [2.45, 2.75) is 19.8 Å². The van der Waals surface area contributed by atoms with Gasteiger partial charge < -0.3 is 29.1 Å².